The second-order valence-corrected chi connectivity index (χ2v) is 8.05. The molecule has 6 heteroatoms. The first kappa shape index (κ1) is 18.0. The molecule has 1 atom stereocenters. The maximum atomic E-state index is 12.5. The van der Waals surface area contributed by atoms with Crippen molar-refractivity contribution in [3.05, 3.63) is 35.9 Å². The van der Waals surface area contributed by atoms with Gasteiger partial charge in [-0.05, 0) is 31.2 Å². The zero-order valence-electron chi connectivity index (χ0n) is 15.7. The number of nitrogens with one attached hydrogen (secondary N) is 1. The molecular weight excluding hydrogens is 342 g/mol. The summed E-state index contributed by atoms with van der Waals surface area (Å²) in [5.74, 6) is 0.303. The SMILES string of the molecule is O=C1NC2(CCN(C(=O)CCN3CCCC3=O)CC2)C[C@H]1c1ccccc1. The molecule has 3 heterocycles. The number of amides is 3. The summed E-state index contributed by atoms with van der Waals surface area (Å²) >= 11 is 0. The Morgan fingerprint density at radius 1 is 1.11 bits per heavy atom. The predicted molar refractivity (Wildman–Crippen MR) is 101 cm³/mol. The lowest BCUT2D eigenvalue weighted by molar-refractivity contribution is -0.134. The molecule has 1 aromatic rings. The van der Waals surface area contributed by atoms with Crippen LogP contribution in [0.1, 0.15) is 50.0 Å². The van der Waals surface area contributed by atoms with Gasteiger partial charge in [-0.15, -0.1) is 0 Å². The highest BCUT2D eigenvalue weighted by molar-refractivity contribution is 5.87. The lowest BCUT2D eigenvalue weighted by atomic mass is 9.82. The molecule has 3 fully saturated rings. The molecule has 0 aliphatic carbocycles. The first-order chi connectivity index (χ1) is 13.1. The summed E-state index contributed by atoms with van der Waals surface area (Å²) in [7, 11) is 0. The molecule has 4 rings (SSSR count). The Bertz CT molecular complexity index is 725. The molecule has 3 saturated heterocycles. The summed E-state index contributed by atoms with van der Waals surface area (Å²) in [6.07, 6.45) is 4.33. The minimum atomic E-state index is -0.181. The van der Waals surface area contributed by atoms with Gasteiger partial charge in [0.05, 0.1) is 5.92 Å². The standard InChI is InChI=1S/C21H27N3O3/c25-18-7-4-11-23(18)12-8-19(26)24-13-9-21(10-14-24)15-17(20(27)22-21)16-5-2-1-3-6-16/h1-3,5-6,17H,4,7-15H2,(H,22,27)/t17-/m0/s1. The number of benzene rings is 1. The third-order valence-corrected chi connectivity index (χ3v) is 6.34. The lowest BCUT2D eigenvalue weighted by Crippen LogP contribution is -2.52. The van der Waals surface area contributed by atoms with E-state index in [4.69, 9.17) is 0 Å². The van der Waals surface area contributed by atoms with Crippen LogP contribution in [0.15, 0.2) is 30.3 Å². The van der Waals surface area contributed by atoms with Crippen LogP contribution in [0.4, 0.5) is 0 Å². The Balaban J connectivity index is 1.30. The molecule has 1 N–H and O–H groups in total. The van der Waals surface area contributed by atoms with Gasteiger partial charge in [-0.25, -0.2) is 0 Å². The van der Waals surface area contributed by atoms with Crippen molar-refractivity contribution in [3.63, 3.8) is 0 Å². The molecule has 3 amide bonds. The normalized spacial score (nSPS) is 24.5. The number of carbonyl (C=O) groups is 3. The molecule has 1 spiro atoms. The fourth-order valence-corrected chi connectivity index (χ4v) is 4.68. The molecule has 6 nitrogen and oxygen atoms in total. The zero-order chi connectivity index (χ0) is 18.9. The van der Waals surface area contributed by atoms with Gasteiger partial charge in [-0.2, -0.15) is 0 Å². The summed E-state index contributed by atoms with van der Waals surface area (Å²) in [5.41, 5.74) is 0.889. The van der Waals surface area contributed by atoms with E-state index in [9.17, 15) is 14.4 Å². The van der Waals surface area contributed by atoms with Gasteiger partial charge in [0.25, 0.3) is 0 Å². The maximum Gasteiger partial charge on any atom is 0.228 e. The Morgan fingerprint density at radius 3 is 2.52 bits per heavy atom. The van der Waals surface area contributed by atoms with E-state index in [2.05, 4.69) is 5.32 Å². The Kier molecular flexibility index (Phi) is 4.89. The Hall–Kier alpha value is -2.37. The summed E-state index contributed by atoms with van der Waals surface area (Å²) < 4.78 is 0. The quantitative estimate of drug-likeness (QED) is 0.878. The van der Waals surface area contributed by atoms with Crippen molar-refractivity contribution in [1.29, 1.82) is 0 Å². The average Bonchev–Trinajstić information content (AvgIpc) is 3.24. The van der Waals surface area contributed by atoms with Crippen LogP contribution in [0, 0.1) is 0 Å². The summed E-state index contributed by atoms with van der Waals surface area (Å²) in [4.78, 5) is 40.4. The number of nitrogens with zero attached hydrogens (tertiary/aromatic N) is 2. The second kappa shape index (κ2) is 7.33. The zero-order valence-corrected chi connectivity index (χ0v) is 15.7. The van der Waals surface area contributed by atoms with Gasteiger partial charge < -0.3 is 15.1 Å². The van der Waals surface area contributed by atoms with Crippen molar-refractivity contribution in [2.24, 2.45) is 0 Å². The smallest absolute Gasteiger partial charge is 0.228 e. The maximum absolute atomic E-state index is 12.5. The number of carbonyl (C=O) groups excluding carboxylic acids is 3. The Morgan fingerprint density at radius 2 is 1.85 bits per heavy atom. The number of hydrogen-bond donors (Lipinski definition) is 1. The molecule has 3 aliphatic rings. The van der Waals surface area contributed by atoms with E-state index in [-0.39, 0.29) is 29.2 Å². The number of hydrogen-bond acceptors (Lipinski definition) is 3. The van der Waals surface area contributed by atoms with Crippen LogP contribution in [0.3, 0.4) is 0 Å². The lowest BCUT2D eigenvalue weighted by Gasteiger charge is -2.39. The van der Waals surface area contributed by atoms with Crippen LogP contribution >= 0.6 is 0 Å². The van der Waals surface area contributed by atoms with Gasteiger partial charge in [-0.1, -0.05) is 30.3 Å². The van der Waals surface area contributed by atoms with Gasteiger partial charge in [0, 0.05) is 44.6 Å². The van der Waals surface area contributed by atoms with E-state index in [1.807, 2.05) is 35.2 Å². The topological polar surface area (TPSA) is 69.7 Å². The first-order valence-corrected chi connectivity index (χ1v) is 9.99. The number of likely N-dealkylation sites (tertiary alicyclic amines) is 2. The first-order valence-electron chi connectivity index (χ1n) is 9.99. The van der Waals surface area contributed by atoms with E-state index < -0.39 is 0 Å². The summed E-state index contributed by atoms with van der Waals surface area (Å²) in [5, 5.41) is 3.23. The average molecular weight is 369 g/mol. The molecule has 3 aliphatic heterocycles. The third-order valence-electron chi connectivity index (χ3n) is 6.34. The monoisotopic (exact) mass is 369 g/mol. The minimum Gasteiger partial charge on any atom is -0.350 e. The van der Waals surface area contributed by atoms with Crippen LogP contribution in [0.25, 0.3) is 0 Å². The van der Waals surface area contributed by atoms with Gasteiger partial charge in [0.15, 0.2) is 0 Å². The van der Waals surface area contributed by atoms with Crippen molar-refractivity contribution in [1.82, 2.24) is 15.1 Å². The van der Waals surface area contributed by atoms with Crippen molar-refractivity contribution < 1.29 is 14.4 Å². The van der Waals surface area contributed by atoms with Gasteiger partial charge in [0.1, 0.15) is 0 Å². The molecule has 144 valence electrons. The molecule has 0 unspecified atom stereocenters. The van der Waals surface area contributed by atoms with Crippen LogP contribution in [-0.4, -0.2) is 59.2 Å². The van der Waals surface area contributed by atoms with Crippen LogP contribution in [0.2, 0.25) is 0 Å². The van der Waals surface area contributed by atoms with E-state index in [1.165, 1.54) is 0 Å². The van der Waals surface area contributed by atoms with Gasteiger partial charge in [-0.3, -0.25) is 14.4 Å². The van der Waals surface area contributed by atoms with Gasteiger partial charge >= 0.3 is 0 Å². The summed E-state index contributed by atoms with van der Waals surface area (Å²) in [6, 6.07) is 9.94. The van der Waals surface area contributed by atoms with Crippen molar-refractivity contribution in [2.45, 2.75) is 50.0 Å². The molecule has 27 heavy (non-hydrogen) atoms. The van der Waals surface area contributed by atoms with E-state index in [0.717, 1.165) is 37.8 Å². The molecule has 0 aromatic heterocycles. The van der Waals surface area contributed by atoms with E-state index in [1.54, 1.807) is 4.90 Å². The highest BCUT2D eigenvalue weighted by atomic mass is 16.2. The largest absolute Gasteiger partial charge is 0.350 e. The summed E-state index contributed by atoms with van der Waals surface area (Å²) in [6.45, 7) is 2.66. The predicted octanol–water partition coefficient (Wildman–Crippen LogP) is 1.66. The van der Waals surface area contributed by atoms with Crippen molar-refractivity contribution in [3.8, 4) is 0 Å². The number of piperidine rings is 1. The minimum absolute atomic E-state index is 0.0883. The molecule has 0 saturated carbocycles. The van der Waals surface area contributed by atoms with E-state index >= 15 is 0 Å². The van der Waals surface area contributed by atoms with Crippen molar-refractivity contribution >= 4 is 17.7 Å². The van der Waals surface area contributed by atoms with Crippen molar-refractivity contribution in [2.75, 3.05) is 26.2 Å². The van der Waals surface area contributed by atoms with E-state index in [0.29, 0.717) is 32.5 Å². The van der Waals surface area contributed by atoms with Crippen LogP contribution in [-0.2, 0) is 14.4 Å². The molecule has 0 radical (unpaired) electrons. The fraction of sp³-hybridized carbons (Fsp3) is 0.571. The van der Waals surface area contributed by atoms with Crippen LogP contribution in [0.5, 0.6) is 0 Å². The fourth-order valence-electron chi connectivity index (χ4n) is 4.68. The molecule has 0 bridgehead atoms. The van der Waals surface area contributed by atoms with Crippen LogP contribution < -0.4 is 5.32 Å². The highest BCUT2D eigenvalue weighted by Gasteiger charge is 2.46. The van der Waals surface area contributed by atoms with Gasteiger partial charge in [0.2, 0.25) is 17.7 Å². The molecule has 1 aromatic carbocycles. The second-order valence-electron chi connectivity index (χ2n) is 8.05. The Labute approximate surface area is 159 Å². The third kappa shape index (κ3) is 3.70. The molecular formula is C21H27N3O3. The number of rotatable bonds is 4. The highest BCUT2D eigenvalue weighted by Crippen LogP contribution is 2.39.